The van der Waals surface area contributed by atoms with Crippen molar-refractivity contribution in [1.29, 1.82) is 0 Å². The van der Waals surface area contributed by atoms with Crippen LogP contribution in [0.5, 0.6) is 17.2 Å². The summed E-state index contributed by atoms with van der Waals surface area (Å²) < 4.78 is 17.4. The van der Waals surface area contributed by atoms with E-state index < -0.39 is 5.97 Å². The fourth-order valence-corrected chi connectivity index (χ4v) is 3.62. The maximum absolute atomic E-state index is 11.2. The number of aryl methyl sites for hydroxylation is 1. The summed E-state index contributed by atoms with van der Waals surface area (Å²) in [5.74, 6) is 1.000. The molecule has 0 aliphatic heterocycles. The van der Waals surface area contributed by atoms with Gasteiger partial charge < -0.3 is 19.3 Å². The van der Waals surface area contributed by atoms with Crippen LogP contribution in [-0.4, -0.2) is 35.9 Å². The van der Waals surface area contributed by atoms with E-state index in [1.54, 1.807) is 31.5 Å². The molecule has 0 spiro atoms. The molecule has 0 radical (unpaired) electrons. The fourth-order valence-electron chi connectivity index (χ4n) is 3.62. The number of hydrogen-bond acceptors (Lipinski definition) is 5. The van der Waals surface area contributed by atoms with Crippen molar-refractivity contribution < 1.29 is 24.1 Å². The van der Waals surface area contributed by atoms with Crippen LogP contribution < -0.4 is 14.2 Å². The monoisotopic (exact) mass is 449 g/mol. The Morgan fingerprint density at radius 2 is 1.88 bits per heavy atom. The second kappa shape index (κ2) is 11.9. The first-order chi connectivity index (χ1) is 16.0. The van der Waals surface area contributed by atoms with E-state index >= 15 is 0 Å². The number of methoxy groups -OCH3 is 1. The van der Waals surface area contributed by atoms with Crippen LogP contribution in [0.15, 0.2) is 60.8 Å². The second-order valence-corrected chi connectivity index (χ2v) is 8.08. The number of aromatic nitrogens is 1. The van der Waals surface area contributed by atoms with Gasteiger partial charge in [-0.15, -0.1) is 0 Å². The van der Waals surface area contributed by atoms with Crippen molar-refractivity contribution in [3.63, 3.8) is 0 Å². The molecule has 2 aromatic carbocycles. The lowest BCUT2D eigenvalue weighted by Crippen LogP contribution is -2.10. The molecule has 3 aromatic rings. The highest BCUT2D eigenvalue weighted by Crippen LogP contribution is 2.32. The van der Waals surface area contributed by atoms with E-state index in [1.165, 1.54) is 0 Å². The summed E-state index contributed by atoms with van der Waals surface area (Å²) in [6.07, 6.45) is 4.03. The molecule has 0 atom stereocenters. The van der Waals surface area contributed by atoms with Gasteiger partial charge in [0, 0.05) is 23.9 Å². The summed E-state index contributed by atoms with van der Waals surface area (Å²) in [7, 11) is 1.55. The molecule has 1 N–H and O–H groups in total. The van der Waals surface area contributed by atoms with Crippen LogP contribution in [0, 0.1) is 0 Å². The normalized spacial score (nSPS) is 10.8. The van der Waals surface area contributed by atoms with Crippen molar-refractivity contribution in [2.75, 3.05) is 13.7 Å². The summed E-state index contributed by atoms with van der Waals surface area (Å²) in [6, 6.07) is 17.5. The van der Waals surface area contributed by atoms with Crippen LogP contribution in [0.3, 0.4) is 0 Å². The molecule has 0 saturated heterocycles. The highest BCUT2D eigenvalue weighted by molar-refractivity contribution is 5.72. The third-order valence-electron chi connectivity index (χ3n) is 5.06. The van der Waals surface area contributed by atoms with Crippen molar-refractivity contribution in [3.05, 3.63) is 83.2 Å². The van der Waals surface area contributed by atoms with E-state index in [4.69, 9.17) is 14.2 Å². The lowest BCUT2D eigenvalue weighted by molar-refractivity contribution is -0.136. The molecule has 33 heavy (non-hydrogen) atoms. The topological polar surface area (TPSA) is 77.9 Å². The summed E-state index contributed by atoms with van der Waals surface area (Å²) in [5.41, 5.74) is 3.88. The van der Waals surface area contributed by atoms with Gasteiger partial charge in [0.2, 0.25) is 0 Å². The molecule has 0 unspecified atom stereocenters. The first-order valence-electron chi connectivity index (χ1n) is 11.1. The van der Waals surface area contributed by atoms with Crippen molar-refractivity contribution in [2.45, 2.75) is 45.6 Å². The molecule has 174 valence electrons. The Balaban J connectivity index is 1.67. The number of pyridine rings is 1. The molecule has 0 fully saturated rings. The second-order valence-electron chi connectivity index (χ2n) is 8.08. The Labute approximate surface area is 195 Å². The lowest BCUT2D eigenvalue weighted by atomic mass is 10.0. The molecule has 3 rings (SSSR count). The number of aliphatic carboxylic acids is 1. The van der Waals surface area contributed by atoms with Gasteiger partial charge in [0.25, 0.3) is 0 Å². The van der Waals surface area contributed by atoms with Crippen LogP contribution in [0.1, 0.15) is 42.7 Å². The number of nitrogens with zero attached hydrogens (tertiary/aromatic N) is 1. The predicted molar refractivity (Wildman–Crippen MR) is 127 cm³/mol. The fraction of sp³-hybridized carbons (Fsp3) is 0.333. The predicted octanol–water partition coefficient (Wildman–Crippen LogP) is 5.11. The zero-order valence-corrected chi connectivity index (χ0v) is 19.4. The van der Waals surface area contributed by atoms with E-state index in [2.05, 4.69) is 23.2 Å². The molecule has 0 aliphatic rings. The van der Waals surface area contributed by atoms with Gasteiger partial charge in [0.15, 0.2) is 11.5 Å². The van der Waals surface area contributed by atoms with Gasteiger partial charge in [0.1, 0.15) is 5.75 Å². The Hall–Kier alpha value is -3.54. The summed E-state index contributed by atoms with van der Waals surface area (Å²) in [5, 5.41) is 9.18. The van der Waals surface area contributed by atoms with Crippen LogP contribution in [0.2, 0.25) is 0 Å². The zero-order valence-electron chi connectivity index (χ0n) is 19.4. The van der Waals surface area contributed by atoms with E-state index in [1.807, 2.05) is 32.0 Å². The van der Waals surface area contributed by atoms with Crippen LogP contribution in [0.4, 0.5) is 0 Å². The summed E-state index contributed by atoms with van der Waals surface area (Å²) in [6.45, 7) is 4.47. The van der Waals surface area contributed by atoms with Crippen molar-refractivity contribution in [1.82, 2.24) is 4.98 Å². The van der Waals surface area contributed by atoms with Crippen molar-refractivity contribution >= 4 is 5.97 Å². The summed E-state index contributed by atoms with van der Waals surface area (Å²) in [4.78, 5) is 15.6. The SMILES string of the molecule is COc1cccc(CC(=O)O)c1OCCCc1ccc(Cc2ccccn2)cc1OC(C)C. The van der Waals surface area contributed by atoms with Crippen molar-refractivity contribution in [3.8, 4) is 17.2 Å². The minimum atomic E-state index is -0.908. The van der Waals surface area contributed by atoms with Crippen molar-refractivity contribution in [2.24, 2.45) is 0 Å². The number of carbonyl (C=O) groups is 1. The molecule has 1 aromatic heterocycles. The summed E-state index contributed by atoms with van der Waals surface area (Å²) >= 11 is 0. The Bertz CT molecular complexity index is 1050. The van der Waals surface area contributed by atoms with E-state index in [0.717, 1.165) is 41.8 Å². The van der Waals surface area contributed by atoms with Gasteiger partial charge in [-0.05, 0) is 62.1 Å². The number of hydrogen-bond donors (Lipinski definition) is 1. The average molecular weight is 450 g/mol. The van der Waals surface area contributed by atoms with Crippen LogP contribution in [0.25, 0.3) is 0 Å². The van der Waals surface area contributed by atoms with E-state index in [0.29, 0.717) is 23.7 Å². The first kappa shape index (κ1) is 24.1. The Morgan fingerprint density at radius 1 is 1.03 bits per heavy atom. The number of para-hydroxylation sites is 1. The number of benzene rings is 2. The third-order valence-corrected chi connectivity index (χ3v) is 5.06. The highest BCUT2D eigenvalue weighted by Gasteiger charge is 2.14. The lowest BCUT2D eigenvalue weighted by Gasteiger charge is -2.17. The molecule has 6 nitrogen and oxygen atoms in total. The maximum atomic E-state index is 11.2. The number of ether oxygens (including phenoxy) is 3. The zero-order chi connectivity index (χ0) is 23.6. The van der Waals surface area contributed by atoms with Crippen LogP contribution >= 0.6 is 0 Å². The quantitative estimate of drug-likeness (QED) is 0.387. The van der Waals surface area contributed by atoms with Gasteiger partial charge in [0.05, 0.1) is 26.2 Å². The minimum absolute atomic E-state index is 0.0669. The van der Waals surface area contributed by atoms with Gasteiger partial charge in [-0.3, -0.25) is 9.78 Å². The molecular formula is C27H31NO5. The molecule has 0 amide bonds. The largest absolute Gasteiger partial charge is 0.493 e. The van der Waals surface area contributed by atoms with Gasteiger partial charge in [-0.2, -0.15) is 0 Å². The van der Waals surface area contributed by atoms with E-state index in [9.17, 15) is 9.90 Å². The number of carboxylic acid groups (broad SMARTS) is 1. The molecule has 0 aliphatic carbocycles. The molecule has 0 bridgehead atoms. The van der Waals surface area contributed by atoms with Gasteiger partial charge >= 0.3 is 5.97 Å². The average Bonchev–Trinajstić information content (AvgIpc) is 2.78. The maximum Gasteiger partial charge on any atom is 0.307 e. The van der Waals surface area contributed by atoms with Gasteiger partial charge in [-0.25, -0.2) is 0 Å². The van der Waals surface area contributed by atoms with E-state index in [-0.39, 0.29) is 12.5 Å². The minimum Gasteiger partial charge on any atom is -0.493 e. The first-order valence-corrected chi connectivity index (χ1v) is 11.1. The molecule has 1 heterocycles. The number of rotatable bonds is 12. The number of carboxylic acids is 1. The standard InChI is InChI=1S/C27H31NO5/c1-19(2)33-25-17-20(16-23-10-4-5-14-28-23)12-13-21(25)9-7-15-32-27-22(18-26(29)30)8-6-11-24(27)31-3/h4-6,8,10-14,17,19H,7,9,15-16,18H2,1-3H3,(H,29,30). The smallest absolute Gasteiger partial charge is 0.307 e. The van der Waals surface area contributed by atoms with Gasteiger partial charge in [-0.1, -0.05) is 30.3 Å². The molecule has 6 heteroatoms. The highest BCUT2D eigenvalue weighted by atomic mass is 16.5. The molecule has 0 saturated carbocycles. The Morgan fingerprint density at radius 3 is 2.58 bits per heavy atom. The van der Waals surface area contributed by atoms with Crippen LogP contribution in [-0.2, 0) is 24.1 Å². The Kier molecular flexibility index (Phi) is 8.70. The molecular weight excluding hydrogens is 418 g/mol. The third kappa shape index (κ3) is 7.24.